The third-order valence-electron chi connectivity index (χ3n) is 16.4. The van der Waals surface area contributed by atoms with E-state index in [1.807, 2.05) is 6.08 Å². The lowest BCUT2D eigenvalue weighted by Crippen LogP contribution is -2.66. The number of nitrogens with one attached hydrogen (secondary N) is 1. The molecular weight excluding hydrogens is 1200 g/mol. The van der Waals surface area contributed by atoms with E-state index in [4.69, 9.17) is 28.4 Å². The predicted octanol–water partition coefficient (Wildman–Crippen LogP) is 9.54. The molecular formula is C75H121NO18. The number of ether oxygens (including phenoxy) is 6. The number of amides is 1. The molecule has 3 aliphatic heterocycles. The van der Waals surface area contributed by atoms with Gasteiger partial charge in [0.2, 0.25) is 5.91 Å². The molecule has 1 amide bonds. The van der Waals surface area contributed by atoms with Crippen molar-refractivity contribution in [3.8, 4) is 0 Å². The maximum Gasteiger partial charge on any atom is 0.220 e. The van der Waals surface area contributed by atoms with Crippen molar-refractivity contribution < 1.29 is 89.4 Å². The SMILES string of the molecule is CC/C=C\C/C=C\C/C=C\C/C=C\C/C=C\C/C=C\C/C=C\C/C=C\C/C=C\C/C=C\CCCCC(=O)NC(COC1OC(CO)C(OC2OC(CO)C(OC3OC(CO)C(O)C(O)C3O)C(O)C2O)C(O)C1O)C(O)/C=C/CC/C=C/CCCCCCCCCCCC. The van der Waals surface area contributed by atoms with Gasteiger partial charge in [0, 0.05) is 6.42 Å². The molecule has 0 spiro atoms. The number of aliphatic hydroxyl groups excluding tert-OH is 11. The van der Waals surface area contributed by atoms with Crippen LogP contribution in [0, 0.1) is 0 Å². The molecule has 3 aliphatic rings. The van der Waals surface area contributed by atoms with E-state index in [9.17, 15) is 61.0 Å². The van der Waals surface area contributed by atoms with Gasteiger partial charge in [-0.2, -0.15) is 0 Å². The Morgan fingerprint density at radius 3 is 1.19 bits per heavy atom. The van der Waals surface area contributed by atoms with Crippen LogP contribution in [-0.4, -0.2) is 193 Å². The summed E-state index contributed by atoms with van der Waals surface area (Å²) in [6, 6.07) is -1.03. The minimum atomic E-state index is -1.99. The van der Waals surface area contributed by atoms with Crippen LogP contribution in [0.3, 0.4) is 0 Å². The molecule has 3 heterocycles. The highest BCUT2D eigenvalue weighted by Crippen LogP contribution is 2.33. The van der Waals surface area contributed by atoms with Crippen LogP contribution < -0.4 is 5.32 Å². The second kappa shape index (κ2) is 54.7. The number of rotatable bonds is 51. The first-order valence-corrected chi connectivity index (χ1v) is 35.1. The van der Waals surface area contributed by atoms with Gasteiger partial charge in [-0.1, -0.05) is 217 Å². The fourth-order valence-electron chi connectivity index (χ4n) is 10.7. The largest absolute Gasteiger partial charge is 0.394 e. The Morgan fingerprint density at radius 2 is 0.745 bits per heavy atom. The van der Waals surface area contributed by atoms with Crippen LogP contribution >= 0.6 is 0 Å². The second-order valence-electron chi connectivity index (χ2n) is 24.2. The minimum Gasteiger partial charge on any atom is -0.394 e. The van der Waals surface area contributed by atoms with Gasteiger partial charge in [0.25, 0.3) is 0 Å². The second-order valence-corrected chi connectivity index (χ2v) is 24.2. The van der Waals surface area contributed by atoms with Crippen LogP contribution in [0.25, 0.3) is 0 Å². The van der Waals surface area contributed by atoms with Crippen LogP contribution in [-0.2, 0) is 33.2 Å². The van der Waals surface area contributed by atoms with Crippen molar-refractivity contribution in [2.45, 2.75) is 291 Å². The van der Waals surface area contributed by atoms with Crippen molar-refractivity contribution in [3.05, 3.63) is 146 Å². The molecule has 0 radical (unpaired) electrons. The summed E-state index contributed by atoms with van der Waals surface area (Å²) in [5.41, 5.74) is 0. The van der Waals surface area contributed by atoms with Gasteiger partial charge in [0.1, 0.15) is 73.2 Å². The molecule has 534 valence electrons. The molecule has 0 saturated carbocycles. The van der Waals surface area contributed by atoms with Crippen molar-refractivity contribution in [1.82, 2.24) is 5.32 Å². The van der Waals surface area contributed by atoms with Gasteiger partial charge in [-0.05, 0) is 109 Å². The summed E-state index contributed by atoms with van der Waals surface area (Å²) in [5, 5.41) is 120. The van der Waals surface area contributed by atoms with Crippen molar-refractivity contribution in [2.24, 2.45) is 0 Å². The highest BCUT2D eigenvalue weighted by molar-refractivity contribution is 5.76. The molecule has 3 saturated heterocycles. The fourth-order valence-corrected chi connectivity index (χ4v) is 10.7. The minimum absolute atomic E-state index is 0.170. The standard InChI is InChI=1S/C75H121NO18/c1-3-5-7-9-11-13-15-17-19-21-22-23-24-25-26-27-28-29-30-31-32-33-34-35-36-37-39-41-43-45-47-49-51-53-63(81)76-58(59(80)52-50-48-46-44-42-40-38-20-18-16-14-12-10-8-6-4-2)57-89-73-69(87)66(84)71(61(55-78)91-73)94-75-70(88)67(85)72(62(56-79)92-75)93-74-68(86)65(83)64(82)60(54-77)90-74/h5,7,11,13,17,19,22-23,25-26,28-29,31-32,34-35,37,39,42-45,50,52,58-62,64-75,77-80,82-88H,3-4,6,8-10,12,14-16,18,20-21,24,27,30,33,36,38,40-41,46-49,51,53-57H2,1-2H3,(H,76,81)/b7-5-,13-11-,19-17-,23-22-,26-25-,29-28-,32-31-,35-34-,39-37-,44-42+,45-43-,52-50+. The lowest BCUT2D eigenvalue weighted by atomic mass is 9.96. The van der Waals surface area contributed by atoms with Gasteiger partial charge >= 0.3 is 0 Å². The summed E-state index contributed by atoms with van der Waals surface area (Å²) in [6.07, 6.45) is 51.1. The van der Waals surface area contributed by atoms with E-state index in [1.165, 1.54) is 57.8 Å². The summed E-state index contributed by atoms with van der Waals surface area (Å²) < 4.78 is 34.3. The average Bonchev–Trinajstić information content (AvgIpc) is 0.787. The number of hydrogen-bond acceptors (Lipinski definition) is 18. The molecule has 19 heteroatoms. The van der Waals surface area contributed by atoms with Crippen LogP contribution in [0.15, 0.2) is 146 Å². The van der Waals surface area contributed by atoms with E-state index < -0.39 is 131 Å². The molecule has 0 aliphatic carbocycles. The molecule has 17 atom stereocenters. The van der Waals surface area contributed by atoms with Crippen LogP contribution in [0.4, 0.5) is 0 Å². The Morgan fingerprint density at radius 1 is 0.394 bits per heavy atom. The summed E-state index contributed by atoms with van der Waals surface area (Å²) in [4.78, 5) is 13.4. The molecule has 3 rings (SSSR count). The molecule has 3 fully saturated rings. The summed E-state index contributed by atoms with van der Waals surface area (Å²) in [7, 11) is 0. The van der Waals surface area contributed by atoms with Crippen molar-refractivity contribution in [2.75, 3.05) is 26.4 Å². The number of unbranched alkanes of at least 4 members (excludes halogenated alkanes) is 13. The molecule has 0 bridgehead atoms. The van der Waals surface area contributed by atoms with Crippen molar-refractivity contribution in [3.63, 3.8) is 0 Å². The Bertz CT molecular complexity index is 2270. The first-order chi connectivity index (χ1) is 45.8. The molecule has 0 aromatic rings. The van der Waals surface area contributed by atoms with Crippen molar-refractivity contribution in [1.29, 1.82) is 0 Å². The number of allylic oxidation sites excluding steroid dienone is 23. The Kier molecular flexibility index (Phi) is 48.8. The van der Waals surface area contributed by atoms with E-state index in [0.717, 1.165) is 96.3 Å². The third-order valence-corrected chi connectivity index (χ3v) is 16.4. The van der Waals surface area contributed by atoms with Crippen LogP contribution in [0.2, 0.25) is 0 Å². The Hall–Kier alpha value is -4.33. The topological polar surface area (TPSA) is 307 Å². The molecule has 19 nitrogen and oxygen atoms in total. The Labute approximate surface area is 562 Å². The smallest absolute Gasteiger partial charge is 0.220 e. The maximum absolute atomic E-state index is 13.4. The van der Waals surface area contributed by atoms with E-state index in [1.54, 1.807) is 6.08 Å². The number of hydrogen-bond donors (Lipinski definition) is 12. The molecule has 94 heavy (non-hydrogen) atoms. The van der Waals surface area contributed by atoms with E-state index in [0.29, 0.717) is 12.8 Å². The molecule has 17 unspecified atom stereocenters. The first-order valence-electron chi connectivity index (χ1n) is 35.1. The van der Waals surface area contributed by atoms with Gasteiger partial charge in [-0.25, -0.2) is 0 Å². The molecule has 0 aromatic heterocycles. The number of aliphatic hydroxyl groups is 11. The van der Waals surface area contributed by atoms with Gasteiger partial charge in [-0.15, -0.1) is 0 Å². The molecule has 0 aromatic carbocycles. The van der Waals surface area contributed by atoms with E-state index in [2.05, 4.69) is 153 Å². The zero-order valence-electron chi connectivity index (χ0n) is 56.4. The maximum atomic E-state index is 13.4. The van der Waals surface area contributed by atoms with E-state index >= 15 is 0 Å². The summed E-state index contributed by atoms with van der Waals surface area (Å²) >= 11 is 0. The zero-order valence-corrected chi connectivity index (χ0v) is 56.4. The molecule has 12 N–H and O–H groups in total. The van der Waals surface area contributed by atoms with Gasteiger partial charge in [0.15, 0.2) is 18.9 Å². The summed E-state index contributed by atoms with van der Waals surface area (Å²) in [6.45, 7) is 1.53. The normalized spacial score (nSPS) is 28.3. The monoisotopic (exact) mass is 1320 g/mol. The lowest BCUT2D eigenvalue weighted by Gasteiger charge is -2.48. The van der Waals surface area contributed by atoms with Crippen molar-refractivity contribution >= 4 is 5.91 Å². The quantitative estimate of drug-likeness (QED) is 0.0199. The van der Waals surface area contributed by atoms with Gasteiger partial charge in [-0.3, -0.25) is 4.79 Å². The fraction of sp³-hybridized carbons (Fsp3) is 0.667. The Balaban J connectivity index is 1.44. The average molecular weight is 1320 g/mol. The lowest BCUT2D eigenvalue weighted by molar-refractivity contribution is -0.379. The van der Waals surface area contributed by atoms with E-state index in [-0.39, 0.29) is 12.3 Å². The highest BCUT2D eigenvalue weighted by Gasteiger charge is 2.53. The van der Waals surface area contributed by atoms with Gasteiger partial charge in [0.05, 0.1) is 38.6 Å². The van der Waals surface area contributed by atoms with Gasteiger partial charge < -0.3 is 89.9 Å². The van der Waals surface area contributed by atoms with Crippen LogP contribution in [0.1, 0.15) is 187 Å². The number of carbonyl (C=O) groups excluding carboxylic acids is 1. The first kappa shape index (κ1) is 83.9. The highest BCUT2D eigenvalue weighted by atomic mass is 16.8. The number of carbonyl (C=O) groups is 1. The van der Waals surface area contributed by atoms with Crippen LogP contribution in [0.5, 0.6) is 0 Å². The summed E-state index contributed by atoms with van der Waals surface area (Å²) in [5.74, 6) is -0.335. The zero-order chi connectivity index (χ0) is 68.2. The third kappa shape index (κ3) is 35.8. The predicted molar refractivity (Wildman–Crippen MR) is 369 cm³/mol.